The van der Waals surface area contributed by atoms with Crippen LogP contribution in [0.5, 0.6) is 0 Å². The van der Waals surface area contributed by atoms with Gasteiger partial charge < -0.3 is 9.80 Å². The number of halogens is 1. The van der Waals surface area contributed by atoms with Crippen molar-refractivity contribution in [2.75, 3.05) is 9.80 Å². The van der Waals surface area contributed by atoms with Crippen molar-refractivity contribution in [3.63, 3.8) is 0 Å². The first kappa shape index (κ1) is 24.9. The first-order chi connectivity index (χ1) is 20.8. The van der Waals surface area contributed by atoms with E-state index in [4.69, 9.17) is 16.6 Å². The fourth-order valence-electron chi connectivity index (χ4n) is 5.88. The lowest BCUT2D eigenvalue weighted by atomic mass is 10.00. The number of nitrogens with zero attached hydrogens (tertiary/aromatic N) is 3. The Balaban J connectivity index is 1.42. The van der Waals surface area contributed by atoms with Crippen LogP contribution in [0.15, 0.2) is 145 Å². The number of aromatic nitrogens is 1. The average Bonchev–Trinajstić information content (AvgIpc) is 3.59. The van der Waals surface area contributed by atoms with Crippen molar-refractivity contribution in [2.24, 2.45) is 0 Å². The average molecular weight is 578 g/mol. The van der Waals surface area contributed by atoms with Gasteiger partial charge in [-0.1, -0.05) is 84.4 Å². The van der Waals surface area contributed by atoms with E-state index in [0.29, 0.717) is 5.02 Å². The van der Waals surface area contributed by atoms with E-state index in [-0.39, 0.29) is 0 Å². The number of rotatable bonds is 4. The van der Waals surface area contributed by atoms with Gasteiger partial charge in [0.1, 0.15) is 0 Å². The normalized spacial score (nSPS) is 12.3. The molecule has 0 fully saturated rings. The van der Waals surface area contributed by atoms with Gasteiger partial charge in [0.25, 0.3) is 0 Å². The number of hydrogen-bond acceptors (Lipinski definition) is 4. The zero-order valence-electron chi connectivity index (χ0n) is 22.5. The molecular formula is C37H24ClN3S. The third-order valence-electron chi connectivity index (χ3n) is 7.73. The molecule has 0 bridgehead atoms. The molecule has 0 radical (unpaired) electrons. The van der Waals surface area contributed by atoms with E-state index in [2.05, 4.69) is 130 Å². The summed E-state index contributed by atoms with van der Waals surface area (Å²) in [6.07, 6.45) is 0. The molecule has 0 unspecified atom stereocenters. The molecule has 2 aromatic heterocycles. The first-order valence-corrected chi connectivity index (χ1v) is 15.1. The van der Waals surface area contributed by atoms with Crippen LogP contribution in [-0.4, -0.2) is 4.98 Å². The number of fused-ring (bicyclic) bond motifs is 3. The van der Waals surface area contributed by atoms with Crippen molar-refractivity contribution >= 4 is 68.0 Å². The second-order valence-corrected chi connectivity index (χ2v) is 11.6. The Morgan fingerprint density at radius 2 is 1.17 bits per heavy atom. The topological polar surface area (TPSA) is 19.4 Å². The van der Waals surface area contributed by atoms with Gasteiger partial charge in [-0.3, -0.25) is 0 Å². The van der Waals surface area contributed by atoms with Crippen molar-refractivity contribution < 1.29 is 0 Å². The quantitative estimate of drug-likeness (QED) is 0.207. The van der Waals surface area contributed by atoms with Crippen LogP contribution in [0.3, 0.4) is 0 Å². The summed E-state index contributed by atoms with van der Waals surface area (Å²) in [4.78, 5) is 11.3. The van der Waals surface area contributed by atoms with Gasteiger partial charge in [-0.2, -0.15) is 0 Å². The number of thiophene rings is 1. The number of hydrogen-bond donors (Lipinski definition) is 0. The Morgan fingerprint density at radius 3 is 1.81 bits per heavy atom. The van der Waals surface area contributed by atoms with Gasteiger partial charge in [0.2, 0.25) is 0 Å². The molecule has 1 aliphatic heterocycles. The standard InChI is InChI=1S/C37H24ClN3S/c38-26-21-19-25(20-22-26)30-24-29(36-18-9-23-42-36)28-12-8-17-35(37(28)39-30)41-33-15-6-4-13-31(33)40(27-10-2-1-3-11-27)32-14-5-7-16-34(32)41/h1-24H. The van der Waals surface area contributed by atoms with E-state index < -0.39 is 0 Å². The van der Waals surface area contributed by atoms with E-state index in [9.17, 15) is 0 Å². The van der Waals surface area contributed by atoms with Crippen molar-refractivity contribution in [3.8, 4) is 21.7 Å². The Labute approximate surface area is 253 Å². The molecule has 0 saturated carbocycles. The highest BCUT2D eigenvalue weighted by molar-refractivity contribution is 7.13. The lowest BCUT2D eigenvalue weighted by Crippen LogP contribution is -2.24. The Morgan fingerprint density at radius 1 is 0.548 bits per heavy atom. The van der Waals surface area contributed by atoms with Crippen LogP contribution in [0.1, 0.15) is 0 Å². The number of benzene rings is 5. The largest absolute Gasteiger partial charge is 0.306 e. The van der Waals surface area contributed by atoms with Gasteiger partial charge in [0.15, 0.2) is 0 Å². The summed E-state index contributed by atoms with van der Waals surface area (Å²) in [5.41, 5.74) is 10.7. The summed E-state index contributed by atoms with van der Waals surface area (Å²) in [5.74, 6) is 0. The monoisotopic (exact) mass is 577 g/mol. The molecule has 1 aliphatic rings. The lowest BCUT2D eigenvalue weighted by Gasteiger charge is -2.40. The highest BCUT2D eigenvalue weighted by Crippen LogP contribution is 2.55. The van der Waals surface area contributed by atoms with Crippen LogP contribution < -0.4 is 9.80 Å². The van der Waals surface area contributed by atoms with Gasteiger partial charge >= 0.3 is 0 Å². The predicted molar refractivity (Wildman–Crippen MR) is 178 cm³/mol. The molecule has 3 nitrogen and oxygen atoms in total. The van der Waals surface area contributed by atoms with Crippen molar-refractivity contribution in [1.82, 2.24) is 4.98 Å². The van der Waals surface area contributed by atoms with Gasteiger partial charge in [-0.25, -0.2) is 4.98 Å². The SMILES string of the molecule is Clc1ccc(-c2cc(-c3cccs3)c3cccc(N4c5ccccc5N(c5ccccc5)c5ccccc54)c3n2)cc1. The minimum Gasteiger partial charge on any atom is -0.306 e. The molecule has 0 amide bonds. The molecular weight excluding hydrogens is 554 g/mol. The van der Waals surface area contributed by atoms with Crippen LogP contribution in [0.4, 0.5) is 34.1 Å². The smallest absolute Gasteiger partial charge is 0.0956 e. The third kappa shape index (κ3) is 4.07. The molecule has 200 valence electrons. The summed E-state index contributed by atoms with van der Waals surface area (Å²) < 4.78 is 0. The van der Waals surface area contributed by atoms with E-state index in [1.807, 2.05) is 24.3 Å². The summed E-state index contributed by atoms with van der Waals surface area (Å²) in [6, 6.07) is 48.7. The molecule has 5 heteroatoms. The Hall–Kier alpha value is -4.90. The lowest BCUT2D eigenvalue weighted by molar-refractivity contribution is 1.17. The Bertz CT molecular complexity index is 2010. The van der Waals surface area contributed by atoms with Gasteiger partial charge in [0, 0.05) is 32.1 Å². The highest BCUT2D eigenvalue weighted by Gasteiger charge is 2.31. The van der Waals surface area contributed by atoms with Crippen LogP contribution in [-0.2, 0) is 0 Å². The van der Waals surface area contributed by atoms with Crippen LogP contribution in [0.25, 0.3) is 32.6 Å². The van der Waals surface area contributed by atoms with E-state index >= 15 is 0 Å². The molecule has 7 aromatic rings. The minimum atomic E-state index is 0.711. The zero-order chi connectivity index (χ0) is 28.0. The maximum Gasteiger partial charge on any atom is 0.0956 e. The fraction of sp³-hybridized carbons (Fsp3) is 0. The number of anilines is 6. The maximum atomic E-state index is 6.26. The summed E-state index contributed by atoms with van der Waals surface area (Å²) in [5, 5.41) is 3.96. The van der Waals surface area contributed by atoms with Crippen LogP contribution >= 0.6 is 22.9 Å². The second kappa shape index (κ2) is 10.2. The first-order valence-electron chi connectivity index (χ1n) is 13.8. The predicted octanol–water partition coefficient (Wildman–Crippen LogP) is 11.5. The molecule has 0 spiro atoms. The number of pyridine rings is 1. The Kier molecular flexibility index (Phi) is 6.03. The summed E-state index contributed by atoms with van der Waals surface area (Å²) in [7, 11) is 0. The number of para-hydroxylation sites is 6. The minimum absolute atomic E-state index is 0.711. The van der Waals surface area contributed by atoms with Crippen LogP contribution in [0, 0.1) is 0 Å². The molecule has 0 atom stereocenters. The van der Waals surface area contributed by atoms with Crippen LogP contribution in [0.2, 0.25) is 5.02 Å². The molecule has 0 saturated heterocycles. The van der Waals surface area contributed by atoms with Gasteiger partial charge in [0.05, 0.1) is 39.6 Å². The van der Waals surface area contributed by atoms with E-state index in [0.717, 1.165) is 56.3 Å². The zero-order valence-corrected chi connectivity index (χ0v) is 24.1. The highest BCUT2D eigenvalue weighted by atomic mass is 35.5. The van der Waals surface area contributed by atoms with E-state index in [1.165, 1.54) is 10.4 Å². The molecule has 42 heavy (non-hydrogen) atoms. The van der Waals surface area contributed by atoms with Crippen molar-refractivity contribution in [3.05, 3.63) is 150 Å². The molecule has 5 aromatic carbocycles. The third-order valence-corrected chi connectivity index (χ3v) is 8.88. The van der Waals surface area contributed by atoms with Crippen molar-refractivity contribution in [2.45, 2.75) is 0 Å². The molecule has 0 N–H and O–H groups in total. The maximum absolute atomic E-state index is 6.26. The second-order valence-electron chi connectivity index (χ2n) is 10.2. The molecule has 0 aliphatic carbocycles. The van der Waals surface area contributed by atoms with Crippen molar-refractivity contribution in [1.29, 1.82) is 0 Å². The van der Waals surface area contributed by atoms with Gasteiger partial charge in [-0.05, 0) is 72.1 Å². The van der Waals surface area contributed by atoms with Gasteiger partial charge in [-0.15, -0.1) is 11.3 Å². The van der Waals surface area contributed by atoms with E-state index in [1.54, 1.807) is 11.3 Å². The summed E-state index contributed by atoms with van der Waals surface area (Å²) in [6.45, 7) is 0. The fourth-order valence-corrected chi connectivity index (χ4v) is 6.76. The molecule has 3 heterocycles. The molecule has 8 rings (SSSR count). The summed E-state index contributed by atoms with van der Waals surface area (Å²) >= 11 is 8.00.